The zero-order valence-electron chi connectivity index (χ0n) is 7.52. The van der Waals surface area contributed by atoms with Crippen molar-refractivity contribution >= 4 is 27.3 Å². The van der Waals surface area contributed by atoms with Crippen LogP contribution in [-0.4, -0.2) is 19.7 Å². The second-order valence-corrected chi connectivity index (χ2v) is 3.49. The van der Waals surface area contributed by atoms with Crippen LogP contribution in [0.15, 0.2) is 24.3 Å². The van der Waals surface area contributed by atoms with E-state index in [4.69, 9.17) is 0 Å². The topological polar surface area (TPSA) is 63.2 Å². The maximum Gasteiger partial charge on any atom is 0.263 e. The Balaban J connectivity index is 2.75. The van der Waals surface area contributed by atoms with Crippen molar-refractivity contribution in [2.45, 2.75) is 6.92 Å². The van der Waals surface area contributed by atoms with Crippen LogP contribution in [0.1, 0.15) is 5.56 Å². The number of hydrogen-bond donors (Lipinski definition) is 1. The molecule has 0 radical (unpaired) electrons. The first-order valence-electron chi connectivity index (χ1n) is 3.88. The molecule has 0 atom stereocenters. The molecule has 14 heavy (non-hydrogen) atoms. The molecule has 0 saturated carbocycles. The van der Waals surface area contributed by atoms with Crippen LogP contribution in [0.25, 0.3) is 0 Å². The Labute approximate surface area is 83.1 Å². The summed E-state index contributed by atoms with van der Waals surface area (Å²) in [6.45, 7) is 1.92. The van der Waals surface area contributed by atoms with Crippen LogP contribution < -0.4 is 5.32 Å². The molecule has 0 bridgehead atoms. The van der Waals surface area contributed by atoms with E-state index in [1.807, 2.05) is 19.1 Å². The minimum absolute atomic E-state index is 0.572. The number of carbonyl (C=O) groups is 1. The highest BCUT2D eigenvalue weighted by molar-refractivity contribution is 7.73. The molecule has 5 heteroatoms. The lowest BCUT2D eigenvalue weighted by atomic mass is 10.2. The van der Waals surface area contributed by atoms with Crippen molar-refractivity contribution < 1.29 is 13.2 Å². The summed E-state index contributed by atoms with van der Waals surface area (Å²) in [5, 5.41) is 3.00. The van der Waals surface area contributed by atoms with Crippen LogP contribution >= 0.6 is 0 Å². The van der Waals surface area contributed by atoms with E-state index < -0.39 is 16.2 Å². The van der Waals surface area contributed by atoms with Gasteiger partial charge in [0.1, 0.15) is 5.37 Å². The molecule has 0 unspecified atom stereocenters. The van der Waals surface area contributed by atoms with Gasteiger partial charge >= 0.3 is 0 Å². The molecule has 4 nitrogen and oxygen atoms in total. The van der Waals surface area contributed by atoms with Crippen LogP contribution in [-0.2, 0) is 15.1 Å². The van der Waals surface area contributed by atoms with Gasteiger partial charge in [0, 0.05) is 5.69 Å². The molecule has 1 aromatic carbocycles. The molecule has 1 rings (SSSR count). The van der Waals surface area contributed by atoms with Crippen LogP contribution in [0.5, 0.6) is 0 Å². The Morgan fingerprint density at radius 3 is 2.36 bits per heavy atom. The summed E-state index contributed by atoms with van der Waals surface area (Å²) in [5.74, 6) is -0.651. The number of hydrogen-bond acceptors (Lipinski definition) is 3. The zero-order chi connectivity index (χ0) is 10.6. The minimum Gasteiger partial charge on any atom is -0.322 e. The van der Waals surface area contributed by atoms with Gasteiger partial charge < -0.3 is 5.32 Å². The average molecular weight is 211 g/mol. The minimum atomic E-state index is -2.46. The molecule has 1 amide bonds. The van der Waals surface area contributed by atoms with Crippen molar-refractivity contribution in [3.8, 4) is 0 Å². The van der Waals surface area contributed by atoms with E-state index in [2.05, 4.69) is 5.32 Å². The highest BCUT2D eigenvalue weighted by Gasteiger charge is 1.97. The Kier molecular flexibility index (Phi) is 3.41. The number of amides is 1. The standard InChI is InChI=1S/C9H9NO3S/c1-7-2-4-8(5-3-7)10-9(11)6-14(12)13/h2-6H,1H3,(H,10,11). The number of anilines is 1. The highest BCUT2D eigenvalue weighted by atomic mass is 32.2. The Morgan fingerprint density at radius 2 is 1.86 bits per heavy atom. The molecular formula is C9H9NO3S. The monoisotopic (exact) mass is 211 g/mol. The number of benzene rings is 1. The van der Waals surface area contributed by atoms with Crippen molar-refractivity contribution in [2.75, 3.05) is 5.32 Å². The van der Waals surface area contributed by atoms with Gasteiger partial charge in [0.2, 0.25) is 10.3 Å². The number of nitrogens with one attached hydrogen (secondary N) is 1. The van der Waals surface area contributed by atoms with E-state index in [1.165, 1.54) is 0 Å². The number of rotatable bonds is 2. The SMILES string of the molecule is Cc1ccc(NC(=O)C=S(=O)=O)cc1. The van der Waals surface area contributed by atoms with Gasteiger partial charge in [0.05, 0.1) is 0 Å². The van der Waals surface area contributed by atoms with Gasteiger partial charge in [0.25, 0.3) is 5.91 Å². The van der Waals surface area contributed by atoms with Crippen LogP contribution in [0, 0.1) is 6.92 Å². The molecule has 1 N–H and O–H groups in total. The molecule has 0 fully saturated rings. The zero-order valence-corrected chi connectivity index (χ0v) is 8.34. The Hall–Kier alpha value is -1.62. The molecule has 0 aliphatic rings. The van der Waals surface area contributed by atoms with E-state index in [-0.39, 0.29) is 0 Å². The van der Waals surface area contributed by atoms with Crippen LogP contribution in [0.2, 0.25) is 0 Å². The van der Waals surface area contributed by atoms with E-state index in [0.717, 1.165) is 5.56 Å². The molecule has 0 aromatic heterocycles. The molecule has 0 spiro atoms. The third kappa shape index (κ3) is 3.40. The number of carbonyl (C=O) groups excluding carboxylic acids is 1. The summed E-state index contributed by atoms with van der Waals surface area (Å²) < 4.78 is 20.3. The van der Waals surface area contributed by atoms with Gasteiger partial charge in [-0.15, -0.1) is 0 Å². The first-order chi connectivity index (χ1) is 6.58. The average Bonchev–Trinajstić information content (AvgIpc) is 2.07. The molecule has 0 saturated heterocycles. The van der Waals surface area contributed by atoms with Gasteiger partial charge in [0.15, 0.2) is 0 Å². The normalized spacial score (nSPS) is 9.21. The predicted octanol–water partition coefficient (Wildman–Crippen LogP) is 0.615. The highest BCUT2D eigenvalue weighted by Crippen LogP contribution is 2.07. The van der Waals surface area contributed by atoms with Gasteiger partial charge in [-0.1, -0.05) is 17.7 Å². The largest absolute Gasteiger partial charge is 0.322 e. The van der Waals surface area contributed by atoms with Crippen molar-refractivity contribution in [3.63, 3.8) is 0 Å². The van der Waals surface area contributed by atoms with E-state index in [0.29, 0.717) is 11.1 Å². The number of aryl methyl sites for hydroxylation is 1. The molecule has 74 valence electrons. The lowest BCUT2D eigenvalue weighted by molar-refractivity contribution is -0.109. The van der Waals surface area contributed by atoms with E-state index in [1.54, 1.807) is 12.1 Å². The molecule has 1 aromatic rings. The first-order valence-corrected chi connectivity index (χ1v) is 5.02. The summed E-state index contributed by atoms with van der Waals surface area (Å²) >= 11 is 0. The lowest BCUT2D eigenvalue weighted by Crippen LogP contribution is -2.12. The summed E-state index contributed by atoms with van der Waals surface area (Å²) in [6.07, 6.45) is 0. The third-order valence-electron chi connectivity index (χ3n) is 1.52. The summed E-state index contributed by atoms with van der Waals surface area (Å²) in [5.41, 5.74) is 1.64. The first kappa shape index (κ1) is 10.5. The van der Waals surface area contributed by atoms with E-state index in [9.17, 15) is 13.2 Å². The fourth-order valence-corrected chi connectivity index (χ4v) is 1.13. The Bertz CT molecular complexity index is 451. The van der Waals surface area contributed by atoms with Gasteiger partial charge in [-0.05, 0) is 19.1 Å². The van der Waals surface area contributed by atoms with Gasteiger partial charge in [-0.2, -0.15) is 8.42 Å². The maximum atomic E-state index is 10.9. The van der Waals surface area contributed by atoms with Gasteiger partial charge in [-0.25, -0.2) is 0 Å². The van der Waals surface area contributed by atoms with Crippen LogP contribution in [0.3, 0.4) is 0 Å². The van der Waals surface area contributed by atoms with E-state index >= 15 is 0 Å². The smallest absolute Gasteiger partial charge is 0.263 e. The Morgan fingerprint density at radius 1 is 1.29 bits per heavy atom. The summed E-state index contributed by atoms with van der Waals surface area (Å²) in [6, 6.07) is 7.05. The fraction of sp³-hybridized carbons (Fsp3) is 0.111. The lowest BCUT2D eigenvalue weighted by Gasteiger charge is -2.00. The second-order valence-electron chi connectivity index (χ2n) is 2.73. The maximum absolute atomic E-state index is 10.9. The third-order valence-corrected chi connectivity index (χ3v) is 1.93. The van der Waals surface area contributed by atoms with Crippen LogP contribution in [0.4, 0.5) is 5.69 Å². The molecule has 0 aliphatic heterocycles. The fourth-order valence-electron chi connectivity index (χ4n) is 0.896. The van der Waals surface area contributed by atoms with Crippen molar-refractivity contribution in [2.24, 2.45) is 0 Å². The summed E-state index contributed by atoms with van der Waals surface area (Å²) in [7, 11) is -2.46. The quantitative estimate of drug-likeness (QED) is 0.729. The van der Waals surface area contributed by atoms with Crippen molar-refractivity contribution in [1.29, 1.82) is 0 Å². The molecule has 0 heterocycles. The predicted molar refractivity (Wildman–Crippen MR) is 54.8 cm³/mol. The molecule has 0 aliphatic carbocycles. The second kappa shape index (κ2) is 4.57. The van der Waals surface area contributed by atoms with Crippen molar-refractivity contribution in [3.05, 3.63) is 29.8 Å². The van der Waals surface area contributed by atoms with Crippen molar-refractivity contribution in [1.82, 2.24) is 0 Å². The summed E-state index contributed by atoms with van der Waals surface area (Å²) in [4.78, 5) is 10.9. The van der Waals surface area contributed by atoms with Gasteiger partial charge in [-0.3, -0.25) is 4.79 Å². The molecular weight excluding hydrogens is 202 g/mol.